The molecule has 2 aromatic rings. The maximum atomic E-state index is 13.0. The normalized spacial score (nSPS) is 10.2. The molecule has 0 spiro atoms. The van der Waals surface area contributed by atoms with E-state index in [1.165, 1.54) is 23.8 Å². The predicted molar refractivity (Wildman–Crippen MR) is 80.0 cm³/mol. The van der Waals surface area contributed by atoms with Crippen LogP contribution < -0.4 is 10.1 Å². The van der Waals surface area contributed by atoms with Crippen molar-refractivity contribution in [2.75, 3.05) is 13.2 Å². The molecule has 0 bridgehead atoms. The van der Waals surface area contributed by atoms with Crippen LogP contribution in [-0.4, -0.2) is 19.1 Å². The molecule has 0 fully saturated rings. The first-order chi connectivity index (χ1) is 10.2. The van der Waals surface area contributed by atoms with Gasteiger partial charge in [-0.2, -0.15) is 0 Å². The number of hydrogen-bond donors (Lipinski definition) is 1. The van der Waals surface area contributed by atoms with E-state index >= 15 is 0 Å². The zero-order chi connectivity index (χ0) is 15.1. The van der Waals surface area contributed by atoms with Crippen molar-refractivity contribution in [2.45, 2.75) is 13.3 Å². The van der Waals surface area contributed by atoms with Crippen LogP contribution in [0.15, 0.2) is 48.5 Å². The highest BCUT2D eigenvalue weighted by atomic mass is 19.1. The predicted octanol–water partition coefficient (Wildman–Crippen LogP) is 3.20. The Morgan fingerprint density at radius 3 is 2.76 bits per heavy atom. The van der Waals surface area contributed by atoms with Crippen molar-refractivity contribution in [3.05, 3.63) is 65.5 Å². The average molecular weight is 287 g/mol. The van der Waals surface area contributed by atoms with E-state index in [9.17, 15) is 9.18 Å². The summed E-state index contributed by atoms with van der Waals surface area (Å²) in [7, 11) is 0. The number of hydrogen-bond acceptors (Lipinski definition) is 2. The number of ether oxygens (including phenoxy) is 1. The van der Waals surface area contributed by atoms with Gasteiger partial charge in [0.05, 0.1) is 6.54 Å². The van der Waals surface area contributed by atoms with E-state index in [2.05, 4.69) is 12.2 Å². The smallest absolute Gasteiger partial charge is 0.251 e. The lowest BCUT2D eigenvalue weighted by molar-refractivity contribution is 0.0946. The number of carbonyl (C=O) groups excluding carboxylic acids is 1. The van der Waals surface area contributed by atoms with Crippen molar-refractivity contribution in [3.8, 4) is 5.75 Å². The number of halogens is 1. The Morgan fingerprint density at radius 2 is 2.00 bits per heavy atom. The van der Waals surface area contributed by atoms with E-state index in [1.54, 1.807) is 6.07 Å². The molecule has 110 valence electrons. The Hall–Kier alpha value is -2.36. The zero-order valence-electron chi connectivity index (χ0n) is 11.9. The lowest BCUT2D eigenvalue weighted by Crippen LogP contribution is -2.28. The topological polar surface area (TPSA) is 38.3 Å². The molecule has 0 aliphatic heterocycles. The number of rotatable bonds is 6. The molecular formula is C17H18FNO2. The van der Waals surface area contributed by atoms with Crippen molar-refractivity contribution in [2.24, 2.45) is 0 Å². The molecule has 0 saturated carbocycles. The summed E-state index contributed by atoms with van der Waals surface area (Å²) in [5, 5.41) is 2.69. The van der Waals surface area contributed by atoms with E-state index < -0.39 is 5.82 Å². The molecule has 0 radical (unpaired) electrons. The first kappa shape index (κ1) is 15.0. The van der Waals surface area contributed by atoms with Crippen LogP contribution >= 0.6 is 0 Å². The second-order valence-corrected chi connectivity index (χ2v) is 4.62. The van der Waals surface area contributed by atoms with Gasteiger partial charge in [-0.3, -0.25) is 4.79 Å². The second-order valence-electron chi connectivity index (χ2n) is 4.62. The van der Waals surface area contributed by atoms with E-state index in [-0.39, 0.29) is 5.91 Å². The minimum absolute atomic E-state index is 0.305. The van der Waals surface area contributed by atoms with Crippen LogP contribution in [-0.2, 0) is 6.42 Å². The van der Waals surface area contributed by atoms with E-state index in [0.29, 0.717) is 18.7 Å². The lowest BCUT2D eigenvalue weighted by atomic mass is 10.2. The van der Waals surface area contributed by atoms with Gasteiger partial charge in [-0.1, -0.05) is 25.1 Å². The third kappa shape index (κ3) is 4.60. The number of carbonyl (C=O) groups is 1. The molecule has 3 nitrogen and oxygen atoms in total. The summed E-state index contributed by atoms with van der Waals surface area (Å²) in [4.78, 5) is 11.8. The third-order valence-electron chi connectivity index (χ3n) is 3.05. The molecule has 0 heterocycles. The summed E-state index contributed by atoms with van der Waals surface area (Å²) in [6.45, 7) is 2.82. The van der Waals surface area contributed by atoms with E-state index in [4.69, 9.17) is 4.74 Å². The maximum Gasteiger partial charge on any atom is 0.251 e. The van der Waals surface area contributed by atoms with Crippen LogP contribution in [0.25, 0.3) is 0 Å². The molecule has 4 heteroatoms. The monoisotopic (exact) mass is 287 g/mol. The zero-order valence-corrected chi connectivity index (χ0v) is 11.9. The number of amides is 1. The average Bonchev–Trinajstić information content (AvgIpc) is 2.51. The highest BCUT2D eigenvalue weighted by molar-refractivity contribution is 5.94. The Bertz CT molecular complexity index is 613. The third-order valence-corrected chi connectivity index (χ3v) is 3.05. The molecule has 0 saturated heterocycles. The lowest BCUT2D eigenvalue weighted by Gasteiger charge is -2.09. The molecular weight excluding hydrogens is 269 g/mol. The summed E-state index contributed by atoms with van der Waals surface area (Å²) in [6.07, 6.45) is 0.952. The van der Waals surface area contributed by atoms with Crippen molar-refractivity contribution in [1.82, 2.24) is 5.32 Å². The van der Waals surface area contributed by atoms with Crippen molar-refractivity contribution < 1.29 is 13.9 Å². The summed E-state index contributed by atoms with van der Waals surface area (Å²) in [5.41, 5.74) is 1.51. The molecule has 1 amide bonds. The van der Waals surface area contributed by atoms with Crippen molar-refractivity contribution in [1.29, 1.82) is 0 Å². The van der Waals surface area contributed by atoms with Crippen molar-refractivity contribution >= 4 is 5.91 Å². The molecule has 0 aromatic heterocycles. The molecule has 0 aliphatic carbocycles. The highest BCUT2D eigenvalue weighted by Gasteiger charge is 2.05. The Labute approximate surface area is 123 Å². The fourth-order valence-electron chi connectivity index (χ4n) is 1.92. The van der Waals surface area contributed by atoms with Crippen LogP contribution in [0.4, 0.5) is 4.39 Å². The van der Waals surface area contributed by atoms with Crippen LogP contribution in [0, 0.1) is 5.82 Å². The number of benzene rings is 2. The van der Waals surface area contributed by atoms with Gasteiger partial charge < -0.3 is 10.1 Å². The fourth-order valence-corrected chi connectivity index (χ4v) is 1.92. The van der Waals surface area contributed by atoms with Gasteiger partial charge in [-0.05, 0) is 42.3 Å². The number of aryl methyl sites for hydroxylation is 1. The SMILES string of the molecule is CCc1cccc(OCCNC(=O)c2cccc(F)c2)c1. The van der Waals surface area contributed by atoms with Gasteiger partial charge in [0.25, 0.3) is 5.91 Å². The summed E-state index contributed by atoms with van der Waals surface area (Å²) in [5.74, 6) is 0.0602. The molecule has 1 N–H and O–H groups in total. The Balaban J connectivity index is 1.78. The van der Waals surface area contributed by atoms with Gasteiger partial charge in [0.15, 0.2) is 0 Å². The quantitative estimate of drug-likeness (QED) is 0.829. The minimum Gasteiger partial charge on any atom is -0.492 e. The molecule has 21 heavy (non-hydrogen) atoms. The summed E-state index contributed by atoms with van der Waals surface area (Å²) >= 11 is 0. The van der Waals surface area contributed by atoms with E-state index in [1.807, 2.05) is 24.3 Å². The molecule has 0 unspecified atom stereocenters. The summed E-state index contributed by atoms with van der Waals surface area (Å²) in [6, 6.07) is 13.4. The number of nitrogens with one attached hydrogen (secondary N) is 1. The molecule has 2 aromatic carbocycles. The highest BCUT2D eigenvalue weighted by Crippen LogP contribution is 2.13. The van der Waals surface area contributed by atoms with Gasteiger partial charge in [0.1, 0.15) is 18.2 Å². The van der Waals surface area contributed by atoms with Crippen molar-refractivity contribution in [3.63, 3.8) is 0 Å². The Kier molecular flexibility index (Phi) is 5.32. The fraction of sp³-hybridized carbons (Fsp3) is 0.235. The van der Waals surface area contributed by atoms with Crippen LogP contribution in [0.5, 0.6) is 5.75 Å². The first-order valence-electron chi connectivity index (χ1n) is 6.94. The first-order valence-corrected chi connectivity index (χ1v) is 6.94. The van der Waals surface area contributed by atoms with Gasteiger partial charge in [0.2, 0.25) is 0 Å². The van der Waals surface area contributed by atoms with Gasteiger partial charge in [0, 0.05) is 5.56 Å². The minimum atomic E-state index is -0.421. The summed E-state index contributed by atoms with van der Waals surface area (Å²) < 4.78 is 18.6. The second kappa shape index (κ2) is 7.43. The largest absolute Gasteiger partial charge is 0.492 e. The van der Waals surface area contributed by atoms with Gasteiger partial charge >= 0.3 is 0 Å². The maximum absolute atomic E-state index is 13.0. The molecule has 0 atom stereocenters. The molecule has 0 aliphatic rings. The standard InChI is InChI=1S/C17H18FNO2/c1-2-13-5-3-8-16(11-13)21-10-9-19-17(20)14-6-4-7-15(18)12-14/h3-8,11-12H,2,9-10H2,1H3,(H,19,20). The molecule has 2 rings (SSSR count). The van der Waals surface area contributed by atoms with Crippen LogP contribution in [0.3, 0.4) is 0 Å². The van der Waals surface area contributed by atoms with Gasteiger partial charge in [-0.25, -0.2) is 4.39 Å². The van der Waals surface area contributed by atoms with Crippen LogP contribution in [0.2, 0.25) is 0 Å². The van der Waals surface area contributed by atoms with Gasteiger partial charge in [-0.15, -0.1) is 0 Å². The van der Waals surface area contributed by atoms with Crippen LogP contribution in [0.1, 0.15) is 22.8 Å². The Morgan fingerprint density at radius 1 is 1.19 bits per heavy atom. The van der Waals surface area contributed by atoms with E-state index in [0.717, 1.165) is 12.2 Å².